The zero-order chi connectivity index (χ0) is 17.1. The fourth-order valence-corrected chi connectivity index (χ4v) is 3.19. The number of benzene rings is 1. The molecule has 2 atom stereocenters. The van der Waals surface area contributed by atoms with E-state index in [1.807, 2.05) is 5.38 Å². The molecule has 8 heteroatoms. The van der Waals surface area contributed by atoms with E-state index in [9.17, 15) is 18.4 Å². The molecule has 0 saturated carbocycles. The van der Waals surface area contributed by atoms with Gasteiger partial charge in [-0.15, -0.1) is 11.3 Å². The molecule has 24 heavy (non-hydrogen) atoms. The van der Waals surface area contributed by atoms with Crippen LogP contribution in [-0.4, -0.2) is 28.9 Å². The van der Waals surface area contributed by atoms with Crippen LogP contribution in [-0.2, 0) is 22.4 Å². The van der Waals surface area contributed by atoms with Crippen molar-refractivity contribution in [3.63, 3.8) is 0 Å². The lowest BCUT2D eigenvalue weighted by Crippen LogP contribution is -2.62. The summed E-state index contributed by atoms with van der Waals surface area (Å²) in [5.74, 6) is -0.548. The van der Waals surface area contributed by atoms with Crippen LogP contribution in [0.15, 0.2) is 35.8 Å². The first kappa shape index (κ1) is 16.5. The molecule has 2 unspecified atom stereocenters. The fourth-order valence-electron chi connectivity index (χ4n) is 2.53. The normalized spacial score (nSPS) is 20.8. The summed E-state index contributed by atoms with van der Waals surface area (Å²) in [4.78, 5) is 28.5. The first-order valence-electron chi connectivity index (χ1n) is 7.39. The molecule has 5 nitrogen and oxygen atoms in total. The zero-order valence-corrected chi connectivity index (χ0v) is 13.4. The van der Waals surface area contributed by atoms with E-state index >= 15 is 0 Å². The lowest BCUT2D eigenvalue weighted by molar-refractivity contribution is -0.136. The van der Waals surface area contributed by atoms with Crippen molar-refractivity contribution in [2.24, 2.45) is 0 Å². The fraction of sp³-hybridized carbons (Fsp3) is 0.312. The van der Waals surface area contributed by atoms with Crippen molar-refractivity contribution in [1.29, 1.82) is 0 Å². The third-order valence-corrected chi connectivity index (χ3v) is 4.60. The zero-order valence-electron chi connectivity index (χ0n) is 12.5. The molecule has 0 spiro atoms. The minimum absolute atomic E-state index is 0.0700. The molecule has 1 aliphatic heterocycles. The summed E-state index contributed by atoms with van der Waals surface area (Å²) in [6.45, 7) is 0. The van der Waals surface area contributed by atoms with Crippen molar-refractivity contribution in [2.45, 2.75) is 31.4 Å². The van der Waals surface area contributed by atoms with Crippen molar-refractivity contribution in [2.75, 3.05) is 0 Å². The van der Waals surface area contributed by atoms with Crippen LogP contribution in [0.4, 0.5) is 8.78 Å². The van der Waals surface area contributed by atoms with Crippen LogP contribution < -0.4 is 10.6 Å². The van der Waals surface area contributed by atoms with E-state index < -0.39 is 18.5 Å². The van der Waals surface area contributed by atoms with E-state index in [1.165, 1.54) is 23.5 Å². The average molecular weight is 351 g/mol. The van der Waals surface area contributed by atoms with Crippen LogP contribution in [0.5, 0.6) is 0 Å². The topological polar surface area (TPSA) is 71.1 Å². The highest BCUT2D eigenvalue weighted by Gasteiger charge is 2.34. The van der Waals surface area contributed by atoms with Crippen molar-refractivity contribution in [1.82, 2.24) is 15.6 Å². The molecular weight excluding hydrogens is 336 g/mol. The first-order chi connectivity index (χ1) is 11.5. The second kappa shape index (κ2) is 7.04. The summed E-state index contributed by atoms with van der Waals surface area (Å²) in [7, 11) is 0. The van der Waals surface area contributed by atoms with Crippen LogP contribution in [0.2, 0.25) is 0 Å². The molecule has 1 aromatic heterocycles. The number of nitrogens with one attached hydrogen (secondary N) is 2. The molecule has 2 heterocycles. The number of rotatable bonds is 5. The highest BCUT2D eigenvalue weighted by atomic mass is 32.1. The largest absolute Gasteiger partial charge is 0.342 e. The average Bonchev–Trinajstić information content (AvgIpc) is 3.06. The van der Waals surface area contributed by atoms with Crippen LogP contribution in [0.25, 0.3) is 0 Å². The molecule has 1 aliphatic rings. The third kappa shape index (κ3) is 3.76. The molecule has 0 aliphatic carbocycles. The van der Waals surface area contributed by atoms with Gasteiger partial charge in [0.1, 0.15) is 12.1 Å². The maximum atomic E-state index is 12.5. The summed E-state index contributed by atoms with van der Waals surface area (Å²) in [5.41, 5.74) is 0.637. The van der Waals surface area contributed by atoms with E-state index in [2.05, 4.69) is 15.6 Å². The van der Waals surface area contributed by atoms with Gasteiger partial charge >= 0.3 is 0 Å². The molecule has 3 rings (SSSR count). The molecule has 2 N–H and O–H groups in total. The van der Waals surface area contributed by atoms with Gasteiger partial charge in [-0.05, 0) is 5.56 Å². The molecule has 126 valence electrons. The van der Waals surface area contributed by atoms with E-state index in [-0.39, 0.29) is 23.8 Å². The predicted octanol–water partition coefficient (Wildman–Crippen LogP) is 1.85. The summed E-state index contributed by atoms with van der Waals surface area (Å²) in [6.07, 6.45) is -0.270. The minimum atomic E-state index is -2.52. The van der Waals surface area contributed by atoms with Gasteiger partial charge in [-0.3, -0.25) is 9.59 Å². The van der Waals surface area contributed by atoms with Gasteiger partial charge in [0.15, 0.2) is 0 Å². The Kier molecular flexibility index (Phi) is 4.84. The van der Waals surface area contributed by atoms with E-state index in [0.717, 1.165) is 5.01 Å². The second-order valence-electron chi connectivity index (χ2n) is 5.50. The third-order valence-electron chi connectivity index (χ3n) is 3.80. The Morgan fingerprint density at radius 2 is 1.67 bits per heavy atom. The van der Waals surface area contributed by atoms with Gasteiger partial charge in [-0.25, -0.2) is 13.8 Å². The highest BCUT2D eigenvalue weighted by molar-refractivity contribution is 7.09. The number of amides is 2. The lowest BCUT2D eigenvalue weighted by atomic mass is 10.00. The number of halogens is 2. The molecule has 2 aromatic rings. The molecule has 1 aromatic carbocycles. The number of alkyl halides is 2. The van der Waals surface area contributed by atoms with Gasteiger partial charge in [0.05, 0.1) is 5.01 Å². The SMILES string of the molecule is O=C1NC(Cc2nccs2)C(=O)NC1Cc1ccc(C(F)F)cc1. The molecule has 1 saturated heterocycles. The number of thiazole rings is 1. The molecule has 0 radical (unpaired) electrons. The number of piperazine rings is 1. The highest BCUT2D eigenvalue weighted by Crippen LogP contribution is 2.19. The van der Waals surface area contributed by atoms with Gasteiger partial charge in [0, 0.05) is 30.0 Å². The Hall–Kier alpha value is -2.35. The van der Waals surface area contributed by atoms with Gasteiger partial charge in [-0.1, -0.05) is 24.3 Å². The van der Waals surface area contributed by atoms with Crippen LogP contribution >= 0.6 is 11.3 Å². The Balaban J connectivity index is 1.62. The summed E-state index contributed by atoms with van der Waals surface area (Å²) in [6, 6.07) is 4.40. The monoisotopic (exact) mass is 351 g/mol. The van der Waals surface area contributed by atoms with Crippen LogP contribution in [0.3, 0.4) is 0 Å². The van der Waals surface area contributed by atoms with Crippen molar-refractivity contribution in [3.8, 4) is 0 Å². The number of carbonyl (C=O) groups excluding carboxylic acids is 2. The Morgan fingerprint density at radius 1 is 1.04 bits per heavy atom. The molecular formula is C16H15F2N3O2S. The smallest absolute Gasteiger partial charge is 0.263 e. The standard InChI is InChI=1S/C16H15F2N3O2S/c17-14(18)10-3-1-9(2-4-10)7-11-15(22)21-12(16(23)20-11)8-13-19-5-6-24-13/h1-6,11-12,14H,7-8H2,(H,20,23)(H,21,22). The first-order valence-corrected chi connectivity index (χ1v) is 8.27. The number of hydrogen-bond acceptors (Lipinski definition) is 4. The predicted molar refractivity (Wildman–Crippen MR) is 84.8 cm³/mol. The summed E-state index contributed by atoms with van der Waals surface area (Å²) < 4.78 is 25.1. The maximum Gasteiger partial charge on any atom is 0.263 e. The number of aromatic nitrogens is 1. The number of hydrogen-bond donors (Lipinski definition) is 2. The Labute approximate surface area is 141 Å². The Morgan fingerprint density at radius 3 is 2.21 bits per heavy atom. The van der Waals surface area contributed by atoms with Crippen LogP contribution in [0.1, 0.15) is 22.6 Å². The van der Waals surface area contributed by atoms with Crippen molar-refractivity contribution >= 4 is 23.2 Å². The van der Waals surface area contributed by atoms with Gasteiger partial charge in [0.25, 0.3) is 6.43 Å². The second-order valence-corrected chi connectivity index (χ2v) is 6.48. The number of carbonyl (C=O) groups is 2. The minimum Gasteiger partial charge on any atom is -0.342 e. The van der Waals surface area contributed by atoms with Crippen molar-refractivity contribution in [3.05, 3.63) is 52.0 Å². The van der Waals surface area contributed by atoms with E-state index in [0.29, 0.717) is 12.0 Å². The van der Waals surface area contributed by atoms with E-state index in [1.54, 1.807) is 18.3 Å². The Bertz CT molecular complexity index is 719. The lowest BCUT2D eigenvalue weighted by Gasteiger charge is -2.29. The van der Waals surface area contributed by atoms with Gasteiger partial charge in [-0.2, -0.15) is 0 Å². The molecule has 2 amide bonds. The number of nitrogens with zero attached hydrogens (tertiary/aromatic N) is 1. The summed E-state index contributed by atoms with van der Waals surface area (Å²) >= 11 is 1.42. The van der Waals surface area contributed by atoms with Crippen LogP contribution in [0, 0.1) is 0 Å². The summed E-state index contributed by atoms with van der Waals surface area (Å²) in [5, 5.41) is 7.98. The van der Waals surface area contributed by atoms with Gasteiger partial charge < -0.3 is 10.6 Å². The van der Waals surface area contributed by atoms with Gasteiger partial charge in [0.2, 0.25) is 11.8 Å². The van der Waals surface area contributed by atoms with Crippen molar-refractivity contribution < 1.29 is 18.4 Å². The quantitative estimate of drug-likeness (QED) is 0.864. The van der Waals surface area contributed by atoms with E-state index in [4.69, 9.17) is 0 Å². The molecule has 0 bridgehead atoms. The maximum absolute atomic E-state index is 12.5. The molecule has 1 fully saturated rings.